The topological polar surface area (TPSA) is 46.9 Å². The van der Waals surface area contributed by atoms with E-state index in [1.165, 1.54) is 0 Å². The number of rotatable bonds is 6. The van der Waals surface area contributed by atoms with Gasteiger partial charge in [-0.3, -0.25) is 4.79 Å². The van der Waals surface area contributed by atoms with Crippen molar-refractivity contribution in [3.8, 4) is 0 Å². The Morgan fingerprint density at radius 1 is 1.38 bits per heavy atom. The number of thioether (sulfide) groups is 1. The molecule has 21 heavy (non-hydrogen) atoms. The Kier molecular flexibility index (Phi) is 5.70. The summed E-state index contributed by atoms with van der Waals surface area (Å²) in [7, 11) is 0. The third-order valence-corrected chi connectivity index (χ3v) is 4.27. The van der Waals surface area contributed by atoms with Crippen molar-refractivity contribution >= 4 is 35.1 Å². The van der Waals surface area contributed by atoms with Crippen molar-refractivity contribution in [2.45, 2.75) is 25.6 Å². The molecule has 0 aliphatic heterocycles. The fourth-order valence-corrected chi connectivity index (χ4v) is 2.53. The molecule has 1 amide bonds. The molecule has 0 bridgehead atoms. The fourth-order valence-electron chi connectivity index (χ4n) is 1.77. The normalized spacial score (nSPS) is 10.9. The lowest BCUT2D eigenvalue weighted by Gasteiger charge is -2.10. The van der Waals surface area contributed by atoms with Gasteiger partial charge in [-0.05, 0) is 16.9 Å². The maximum atomic E-state index is 11.9. The Balaban J connectivity index is 2.02. The van der Waals surface area contributed by atoms with Gasteiger partial charge in [-0.1, -0.05) is 43.6 Å². The molecule has 0 radical (unpaired) electrons. The van der Waals surface area contributed by atoms with Crippen LogP contribution in [0.2, 0.25) is 5.02 Å². The predicted molar refractivity (Wildman–Crippen MR) is 89.0 cm³/mol. The van der Waals surface area contributed by atoms with E-state index in [2.05, 4.69) is 24.3 Å². The first kappa shape index (κ1) is 15.9. The summed E-state index contributed by atoms with van der Waals surface area (Å²) in [6.45, 7) is 4.67. The average molecular weight is 324 g/mol. The molecule has 0 saturated heterocycles. The smallest absolute Gasteiger partial charge is 0.235 e. The van der Waals surface area contributed by atoms with Gasteiger partial charge < -0.3 is 5.32 Å². The van der Waals surface area contributed by atoms with Crippen LogP contribution in [0.1, 0.15) is 19.4 Å². The number of hydrogen-bond donors (Lipinski definition) is 1. The van der Waals surface area contributed by atoms with Crippen LogP contribution in [0.4, 0.5) is 5.82 Å². The Morgan fingerprint density at radius 3 is 2.86 bits per heavy atom. The van der Waals surface area contributed by atoms with E-state index in [9.17, 15) is 4.79 Å². The number of carbonyl (C=O) groups is 1. The van der Waals surface area contributed by atoms with Gasteiger partial charge in [0.25, 0.3) is 0 Å². The van der Waals surface area contributed by atoms with Gasteiger partial charge in [-0.15, -0.1) is 11.8 Å². The summed E-state index contributed by atoms with van der Waals surface area (Å²) < 4.78 is 1.74. The molecule has 0 spiro atoms. The summed E-state index contributed by atoms with van der Waals surface area (Å²) in [5.41, 5.74) is 0.968. The van der Waals surface area contributed by atoms with Crippen LogP contribution >= 0.6 is 23.4 Å². The highest BCUT2D eigenvalue weighted by Gasteiger charge is 2.09. The zero-order valence-electron chi connectivity index (χ0n) is 12.0. The number of halogens is 1. The number of nitrogens with one attached hydrogen (secondary N) is 1. The molecule has 1 N–H and O–H groups in total. The molecule has 0 atom stereocenters. The van der Waals surface area contributed by atoms with E-state index in [-0.39, 0.29) is 5.91 Å². The molecule has 0 saturated carbocycles. The zero-order valence-corrected chi connectivity index (χ0v) is 13.6. The first-order valence-corrected chi connectivity index (χ1v) is 8.15. The van der Waals surface area contributed by atoms with Crippen molar-refractivity contribution in [2.24, 2.45) is 0 Å². The number of amides is 1. The van der Waals surface area contributed by atoms with Crippen LogP contribution in [0, 0.1) is 0 Å². The minimum Gasteiger partial charge on any atom is -0.310 e. The highest BCUT2D eigenvalue weighted by Crippen LogP contribution is 2.18. The Morgan fingerprint density at radius 2 is 2.14 bits per heavy atom. The van der Waals surface area contributed by atoms with E-state index >= 15 is 0 Å². The zero-order chi connectivity index (χ0) is 15.2. The van der Waals surface area contributed by atoms with Gasteiger partial charge >= 0.3 is 0 Å². The molecule has 1 heterocycles. The molecule has 0 aliphatic rings. The minimum absolute atomic E-state index is 0.0189. The van der Waals surface area contributed by atoms with Gasteiger partial charge in [0.15, 0.2) is 0 Å². The summed E-state index contributed by atoms with van der Waals surface area (Å²) in [6.07, 6.45) is 1.67. The van der Waals surface area contributed by atoms with E-state index in [4.69, 9.17) is 11.6 Å². The standard InChI is InChI=1S/C15H18ClN3OS/c1-11(2)21-10-15(20)18-14-7-8-17-19(14)9-12-5-3-4-6-13(12)16/h3-8,11H,9-10H2,1-2H3,(H,18,20). The Bertz CT molecular complexity index is 612. The molecular weight excluding hydrogens is 306 g/mol. The molecule has 0 fully saturated rings. The van der Waals surface area contributed by atoms with E-state index in [0.717, 1.165) is 5.56 Å². The molecule has 2 rings (SSSR count). The van der Waals surface area contributed by atoms with Crippen LogP contribution in [-0.2, 0) is 11.3 Å². The summed E-state index contributed by atoms with van der Waals surface area (Å²) in [5.74, 6) is 1.11. The van der Waals surface area contributed by atoms with Gasteiger partial charge in [0.2, 0.25) is 5.91 Å². The van der Waals surface area contributed by atoms with Gasteiger partial charge in [0.05, 0.1) is 18.5 Å². The van der Waals surface area contributed by atoms with Gasteiger partial charge in [-0.25, -0.2) is 4.68 Å². The number of nitrogens with zero attached hydrogens (tertiary/aromatic N) is 2. The second-order valence-corrected chi connectivity index (χ2v) is 6.85. The minimum atomic E-state index is -0.0189. The molecule has 1 aromatic carbocycles. The van der Waals surface area contributed by atoms with E-state index in [0.29, 0.717) is 28.4 Å². The van der Waals surface area contributed by atoms with Crippen LogP contribution in [0.25, 0.3) is 0 Å². The second-order valence-electron chi connectivity index (χ2n) is 4.87. The summed E-state index contributed by atoms with van der Waals surface area (Å²) in [5, 5.41) is 8.25. The summed E-state index contributed by atoms with van der Waals surface area (Å²) in [4.78, 5) is 11.9. The first-order chi connectivity index (χ1) is 10.1. The van der Waals surface area contributed by atoms with E-state index < -0.39 is 0 Å². The highest BCUT2D eigenvalue weighted by atomic mass is 35.5. The maximum absolute atomic E-state index is 11.9. The fraction of sp³-hybridized carbons (Fsp3) is 0.333. The molecule has 0 aliphatic carbocycles. The lowest BCUT2D eigenvalue weighted by Crippen LogP contribution is -2.18. The van der Waals surface area contributed by atoms with Crippen LogP contribution in [0.5, 0.6) is 0 Å². The molecule has 1 aromatic heterocycles. The predicted octanol–water partition coefficient (Wildman–Crippen LogP) is 3.66. The van der Waals surface area contributed by atoms with Gasteiger partial charge in [-0.2, -0.15) is 5.10 Å². The van der Waals surface area contributed by atoms with Gasteiger partial charge in [0, 0.05) is 11.1 Å². The molecule has 0 unspecified atom stereocenters. The highest BCUT2D eigenvalue weighted by molar-refractivity contribution is 8.00. The van der Waals surface area contributed by atoms with Crippen molar-refractivity contribution in [3.63, 3.8) is 0 Å². The molecule has 6 heteroatoms. The monoisotopic (exact) mass is 323 g/mol. The third kappa shape index (κ3) is 4.79. The van der Waals surface area contributed by atoms with E-state index in [1.807, 2.05) is 24.3 Å². The maximum Gasteiger partial charge on any atom is 0.235 e. The lowest BCUT2D eigenvalue weighted by molar-refractivity contribution is -0.113. The van der Waals surface area contributed by atoms with E-state index in [1.54, 1.807) is 28.7 Å². The van der Waals surface area contributed by atoms with Crippen LogP contribution in [0.3, 0.4) is 0 Å². The number of carbonyl (C=O) groups excluding carboxylic acids is 1. The number of aromatic nitrogens is 2. The van der Waals surface area contributed by atoms with Crippen molar-refractivity contribution in [1.29, 1.82) is 0 Å². The first-order valence-electron chi connectivity index (χ1n) is 6.73. The second kappa shape index (κ2) is 7.52. The number of benzene rings is 1. The SMILES string of the molecule is CC(C)SCC(=O)Nc1ccnn1Cc1ccccc1Cl. The average Bonchev–Trinajstić information content (AvgIpc) is 2.86. The quantitative estimate of drug-likeness (QED) is 0.882. The van der Waals surface area contributed by atoms with Gasteiger partial charge in [0.1, 0.15) is 5.82 Å². The third-order valence-electron chi connectivity index (χ3n) is 2.81. The molecule has 4 nitrogen and oxygen atoms in total. The Hall–Kier alpha value is -1.46. The lowest BCUT2D eigenvalue weighted by atomic mass is 10.2. The Labute approximate surface area is 133 Å². The summed E-state index contributed by atoms with van der Waals surface area (Å²) >= 11 is 7.76. The van der Waals surface area contributed by atoms with Crippen molar-refractivity contribution < 1.29 is 4.79 Å². The summed E-state index contributed by atoms with van der Waals surface area (Å²) in [6, 6.07) is 9.40. The van der Waals surface area contributed by atoms with Crippen molar-refractivity contribution in [1.82, 2.24) is 9.78 Å². The van der Waals surface area contributed by atoms with Crippen LogP contribution < -0.4 is 5.32 Å². The number of anilines is 1. The van der Waals surface area contributed by atoms with Crippen LogP contribution in [-0.4, -0.2) is 26.7 Å². The molecule has 112 valence electrons. The molecule has 2 aromatic rings. The number of hydrogen-bond acceptors (Lipinski definition) is 3. The largest absolute Gasteiger partial charge is 0.310 e. The van der Waals surface area contributed by atoms with Crippen LogP contribution in [0.15, 0.2) is 36.5 Å². The molecular formula is C15H18ClN3OS. The van der Waals surface area contributed by atoms with Crippen molar-refractivity contribution in [3.05, 3.63) is 47.1 Å². The van der Waals surface area contributed by atoms with Crippen molar-refractivity contribution in [2.75, 3.05) is 11.1 Å².